The molecule has 0 aliphatic heterocycles. The van der Waals surface area contributed by atoms with Crippen molar-refractivity contribution in [2.24, 2.45) is 0 Å². The second-order valence-corrected chi connectivity index (χ2v) is 6.02. The largest absolute Gasteiger partial charge is 0.397 e. The van der Waals surface area contributed by atoms with Gasteiger partial charge < -0.3 is 5.11 Å². The number of nitrogens with zero attached hydrogens (tertiary/aromatic N) is 1. The number of aliphatic hydroxyl groups excluding tert-OH is 1. The maximum absolute atomic E-state index is 7.57. The Morgan fingerprint density at radius 2 is 1.04 bits per heavy atom. The van der Waals surface area contributed by atoms with E-state index in [1.54, 1.807) is 6.92 Å². The van der Waals surface area contributed by atoms with Crippen LogP contribution < -0.4 is 0 Å². The van der Waals surface area contributed by atoms with Crippen molar-refractivity contribution in [3.8, 4) is 0 Å². The summed E-state index contributed by atoms with van der Waals surface area (Å²) >= 11 is 0. The number of pyridine rings is 1. The molecule has 2 heteroatoms. The fourth-order valence-corrected chi connectivity index (χ4v) is 2.97. The van der Waals surface area contributed by atoms with E-state index in [4.69, 9.17) is 5.11 Å². The van der Waals surface area contributed by atoms with Gasteiger partial charge in [-0.1, -0.05) is 84.9 Å². The lowest BCUT2D eigenvalue weighted by molar-refractivity contribution is 0.318. The van der Waals surface area contributed by atoms with Gasteiger partial charge in [0, 0.05) is 18.2 Å². The lowest BCUT2D eigenvalue weighted by atomic mass is 10.0. The quantitative estimate of drug-likeness (QED) is 0.335. The van der Waals surface area contributed by atoms with Crippen LogP contribution in [-0.2, 0) is 0 Å². The van der Waals surface area contributed by atoms with Crippen molar-refractivity contribution in [2.45, 2.75) is 6.92 Å². The molecule has 0 aliphatic carbocycles. The molecule has 0 saturated carbocycles. The van der Waals surface area contributed by atoms with Crippen molar-refractivity contribution in [2.75, 3.05) is 6.61 Å². The zero-order chi connectivity index (χ0) is 18.9. The van der Waals surface area contributed by atoms with Gasteiger partial charge >= 0.3 is 0 Å². The molecule has 0 atom stereocenters. The van der Waals surface area contributed by atoms with Crippen LogP contribution >= 0.6 is 0 Å². The Hall–Kier alpha value is -3.23. The van der Waals surface area contributed by atoms with E-state index in [0.29, 0.717) is 0 Å². The number of aliphatic hydroxyl groups is 1. The van der Waals surface area contributed by atoms with Crippen molar-refractivity contribution < 1.29 is 5.11 Å². The van der Waals surface area contributed by atoms with E-state index in [2.05, 4.69) is 77.8 Å². The third-order valence-corrected chi connectivity index (χ3v) is 4.17. The highest BCUT2D eigenvalue weighted by molar-refractivity contribution is 6.07. The minimum atomic E-state index is 0.250. The average molecular weight is 353 g/mol. The minimum absolute atomic E-state index is 0.250. The number of hydrogen-bond donors (Lipinski definition) is 1. The molecule has 0 bridgehead atoms. The summed E-state index contributed by atoms with van der Waals surface area (Å²) in [7, 11) is 0. The highest BCUT2D eigenvalue weighted by atomic mass is 16.2. The van der Waals surface area contributed by atoms with E-state index >= 15 is 0 Å². The molecule has 134 valence electrons. The number of fused-ring (bicyclic) bond motifs is 4. The van der Waals surface area contributed by atoms with E-state index in [0.717, 1.165) is 5.52 Å². The highest BCUT2D eigenvalue weighted by Crippen LogP contribution is 2.24. The van der Waals surface area contributed by atoms with Gasteiger partial charge in [-0.05, 0) is 40.6 Å². The van der Waals surface area contributed by atoms with Crippen LogP contribution in [0.2, 0.25) is 0 Å². The monoisotopic (exact) mass is 353 g/mol. The molecule has 5 rings (SSSR count). The van der Waals surface area contributed by atoms with Gasteiger partial charge in [-0.3, -0.25) is 4.98 Å². The molecule has 5 aromatic rings. The summed E-state index contributed by atoms with van der Waals surface area (Å²) in [5.41, 5.74) is 1.06. The third-order valence-electron chi connectivity index (χ3n) is 4.17. The highest BCUT2D eigenvalue weighted by Gasteiger charge is 1.97. The number of aromatic nitrogens is 1. The van der Waals surface area contributed by atoms with Crippen LogP contribution in [0.3, 0.4) is 0 Å². The predicted molar refractivity (Wildman–Crippen MR) is 116 cm³/mol. The van der Waals surface area contributed by atoms with Gasteiger partial charge in [0.2, 0.25) is 0 Å². The van der Waals surface area contributed by atoms with Crippen LogP contribution in [0.25, 0.3) is 32.4 Å². The fourth-order valence-electron chi connectivity index (χ4n) is 2.97. The van der Waals surface area contributed by atoms with Gasteiger partial charge in [-0.25, -0.2) is 0 Å². The standard InChI is InChI=1S/C14H10.C9H7N.C2H6O/c1-3-7-13-11(5-1)9-10-12-6-2-4-8-14(12)13;1-2-6-9-8(4-1)5-3-7-10-9;1-2-3/h1-10H;1-7H;3H,2H2,1H3. The number of para-hydroxylation sites is 1. The molecule has 0 aliphatic rings. The lowest BCUT2D eigenvalue weighted by Gasteiger charge is -2.02. The zero-order valence-corrected chi connectivity index (χ0v) is 15.4. The molecule has 27 heavy (non-hydrogen) atoms. The van der Waals surface area contributed by atoms with Crippen LogP contribution in [0.15, 0.2) is 103 Å². The molecule has 2 nitrogen and oxygen atoms in total. The summed E-state index contributed by atoms with van der Waals surface area (Å²) in [4.78, 5) is 4.18. The molecule has 4 aromatic carbocycles. The van der Waals surface area contributed by atoms with Gasteiger partial charge in [0.15, 0.2) is 0 Å². The fraction of sp³-hybridized carbons (Fsp3) is 0.0800. The molecule has 0 saturated heterocycles. The lowest BCUT2D eigenvalue weighted by Crippen LogP contribution is -1.75. The van der Waals surface area contributed by atoms with Gasteiger partial charge in [-0.2, -0.15) is 0 Å². The van der Waals surface area contributed by atoms with Crippen LogP contribution in [0, 0.1) is 0 Å². The van der Waals surface area contributed by atoms with Gasteiger partial charge in [0.1, 0.15) is 0 Å². The topological polar surface area (TPSA) is 33.1 Å². The molecule has 1 heterocycles. The number of hydrogen-bond acceptors (Lipinski definition) is 2. The molecule has 0 radical (unpaired) electrons. The second-order valence-electron chi connectivity index (χ2n) is 6.02. The van der Waals surface area contributed by atoms with E-state index in [1.807, 2.05) is 30.5 Å². The van der Waals surface area contributed by atoms with Crippen LogP contribution in [-0.4, -0.2) is 16.7 Å². The Morgan fingerprint density at radius 3 is 1.59 bits per heavy atom. The second kappa shape index (κ2) is 9.46. The summed E-state index contributed by atoms with van der Waals surface area (Å²) in [5, 5.41) is 14.1. The molecule has 1 aromatic heterocycles. The van der Waals surface area contributed by atoms with Crippen molar-refractivity contribution in [3.05, 3.63) is 103 Å². The Morgan fingerprint density at radius 1 is 0.593 bits per heavy atom. The molecular weight excluding hydrogens is 330 g/mol. The van der Waals surface area contributed by atoms with Gasteiger partial charge in [0.05, 0.1) is 5.52 Å². The third kappa shape index (κ3) is 4.69. The van der Waals surface area contributed by atoms with Gasteiger partial charge in [0.25, 0.3) is 0 Å². The maximum atomic E-state index is 7.57. The maximum Gasteiger partial charge on any atom is 0.0701 e. The normalized spacial score (nSPS) is 10.0. The van der Waals surface area contributed by atoms with Crippen molar-refractivity contribution in [1.29, 1.82) is 0 Å². The smallest absolute Gasteiger partial charge is 0.0701 e. The van der Waals surface area contributed by atoms with E-state index in [9.17, 15) is 0 Å². The molecule has 0 amide bonds. The SMILES string of the molecule is CCO.c1ccc2c(c1)ccc1ccccc12.c1ccc2ncccc2c1. The summed E-state index contributed by atoms with van der Waals surface area (Å²) in [6.45, 7) is 1.93. The molecular formula is C25H23NO. The number of benzene rings is 4. The zero-order valence-electron chi connectivity index (χ0n) is 15.4. The summed E-state index contributed by atoms with van der Waals surface area (Å²) < 4.78 is 0. The molecule has 0 unspecified atom stereocenters. The van der Waals surface area contributed by atoms with E-state index in [-0.39, 0.29) is 6.61 Å². The Bertz CT molecular complexity index is 1010. The predicted octanol–water partition coefficient (Wildman–Crippen LogP) is 6.23. The van der Waals surface area contributed by atoms with Crippen molar-refractivity contribution in [3.63, 3.8) is 0 Å². The number of rotatable bonds is 0. The molecule has 1 N–H and O–H groups in total. The van der Waals surface area contributed by atoms with Crippen LogP contribution in [0.5, 0.6) is 0 Å². The Labute approximate surface area is 159 Å². The first-order valence-electron chi connectivity index (χ1n) is 9.10. The Kier molecular flexibility index (Phi) is 6.50. The summed E-state index contributed by atoms with van der Waals surface area (Å²) in [5.74, 6) is 0. The van der Waals surface area contributed by atoms with E-state index < -0.39 is 0 Å². The summed E-state index contributed by atoms with van der Waals surface area (Å²) in [6.07, 6.45) is 1.81. The first kappa shape index (κ1) is 18.6. The van der Waals surface area contributed by atoms with Crippen LogP contribution in [0.1, 0.15) is 6.92 Å². The minimum Gasteiger partial charge on any atom is -0.397 e. The summed E-state index contributed by atoms with van der Waals surface area (Å²) in [6, 6.07) is 33.5. The van der Waals surface area contributed by atoms with Gasteiger partial charge in [-0.15, -0.1) is 0 Å². The molecule has 0 fully saturated rings. The first-order valence-corrected chi connectivity index (χ1v) is 9.10. The first-order chi connectivity index (χ1) is 13.3. The van der Waals surface area contributed by atoms with Crippen molar-refractivity contribution in [1.82, 2.24) is 4.98 Å². The Balaban J connectivity index is 0.000000142. The van der Waals surface area contributed by atoms with Crippen LogP contribution in [0.4, 0.5) is 0 Å². The van der Waals surface area contributed by atoms with Crippen molar-refractivity contribution >= 4 is 32.4 Å². The average Bonchev–Trinajstić information content (AvgIpc) is 2.75. The van der Waals surface area contributed by atoms with E-state index in [1.165, 1.54) is 26.9 Å². The molecule has 0 spiro atoms.